The van der Waals surface area contributed by atoms with Crippen LogP contribution in [0.15, 0.2) is 36.7 Å². The maximum atomic E-state index is 6.09. The van der Waals surface area contributed by atoms with E-state index in [0.717, 1.165) is 31.0 Å². The summed E-state index contributed by atoms with van der Waals surface area (Å²) in [5.41, 5.74) is 1.94. The Morgan fingerprint density at radius 3 is 2.82 bits per heavy atom. The number of aromatic nitrogens is 2. The standard InChI is InChI=1S/C16H19ClN4O/c1-18-14-15(17)19-10-20-16(14)21-12-7-8-22-13(9-12)11-5-3-2-4-6-11/h2-6,10,12-13,18H,7-9H2,1H3,(H,19,20,21). The fraction of sp³-hybridized carbons (Fsp3) is 0.375. The van der Waals surface area contributed by atoms with E-state index in [1.807, 2.05) is 25.2 Å². The van der Waals surface area contributed by atoms with Crippen LogP contribution in [0.5, 0.6) is 0 Å². The van der Waals surface area contributed by atoms with Crippen LogP contribution >= 0.6 is 11.6 Å². The summed E-state index contributed by atoms with van der Waals surface area (Å²) in [6.07, 6.45) is 3.42. The summed E-state index contributed by atoms with van der Waals surface area (Å²) in [4.78, 5) is 8.29. The number of nitrogens with zero attached hydrogens (tertiary/aromatic N) is 2. The Labute approximate surface area is 135 Å². The molecular formula is C16H19ClN4O. The van der Waals surface area contributed by atoms with Crippen LogP contribution in [0.1, 0.15) is 24.5 Å². The number of hydrogen-bond donors (Lipinski definition) is 2. The van der Waals surface area contributed by atoms with E-state index in [0.29, 0.717) is 5.15 Å². The van der Waals surface area contributed by atoms with Crippen molar-refractivity contribution in [3.05, 3.63) is 47.4 Å². The summed E-state index contributed by atoms with van der Waals surface area (Å²) in [5.74, 6) is 0.737. The molecule has 0 aliphatic carbocycles. The van der Waals surface area contributed by atoms with Gasteiger partial charge >= 0.3 is 0 Å². The van der Waals surface area contributed by atoms with Gasteiger partial charge < -0.3 is 15.4 Å². The lowest BCUT2D eigenvalue weighted by Crippen LogP contribution is -2.30. The number of hydrogen-bond acceptors (Lipinski definition) is 5. The van der Waals surface area contributed by atoms with E-state index in [1.165, 1.54) is 11.9 Å². The molecule has 1 aliphatic heterocycles. The molecule has 2 aromatic rings. The maximum absolute atomic E-state index is 6.09. The van der Waals surface area contributed by atoms with E-state index in [-0.39, 0.29) is 12.1 Å². The van der Waals surface area contributed by atoms with Gasteiger partial charge in [0.15, 0.2) is 11.0 Å². The summed E-state index contributed by atoms with van der Waals surface area (Å²) in [5, 5.41) is 6.93. The van der Waals surface area contributed by atoms with Crippen LogP contribution in [0, 0.1) is 0 Å². The van der Waals surface area contributed by atoms with E-state index in [2.05, 4.69) is 32.7 Å². The first kappa shape index (κ1) is 15.1. The molecule has 22 heavy (non-hydrogen) atoms. The Bertz CT molecular complexity index is 623. The SMILES string of the molecule is CNc1c(Cl)ncnc1NC1CCOC(c2ccccc2)C1. The maximum Gasteiger partial charge on any atom is 0.157 e. The quantitative estimate of drug-likeness (QED) is 0.845. The average Bonchev–Trinajstić information content (AvgIpc) is 2.56. The van der Waals surface area contributed by atoms with Crippen LogP contribution in [-0.4, -0.2) is 29.7 Å². The van der Waals surface area contributed by atoms with Gasteiger partial charge in [-0.05, 0) is 18.4 Å². The summed E-state index contributed by atoms with van der Waals surface area (Å²) >= 11 is 6.09. The predicted octanol–water partition coefficient (Wildman–Crippen LogP) is 3.50. The highest BCUT2D eigenvalue weighted by Crippen LogP contribution is 2.32. The molecule has 1 aliphatic rings. The van der Waals surface area contributed by atoms with Crippen molar-refractivity contribution in [1.82, 2.24) is 9.97 Å². The molecule has 0 bridgehead atoms. The van der Waals surface area contributed by atoms with E-state index in [4.69, 9.17) is 16.3 Å². The van der Waals surface area contributed by atoms with Crippen molar-refractivity contribution in [3.8, 4) is 0 Å². The van der Waals surface area contributed by atoms with Crippen LogP contribution in [0.4, 0.5) is 11.5 Å². The molecule has 6 heteroatoms. The van der Waals surface area contributed by atoms with Crippen LogP contribution in [0.2, 0.25) is 5.15 Å². The third-order valence-corrected chi connectivity index (χ3v) is 4.13. The van der Waals surface area contributed by atoms with Gasteiger partial charge in [0.2, 0.25) is 0 Å². The summed E-state index contributed by atoms with van der Waals surface area (Å²) in [6.45, 7) is 0.727. The molecule has 1 fully saturated rings. The second-order valence-corrected chi connectivity index (χ2v) is 5.63. The second-order valence-electron chi connectivity index (χ2n) is 5.27. The predicted molar refractivity (Wildman–Crippen MR) is 88.4 cm³/mol. The van der Waals surface area contributed by atoms with Gasteiger partial charge in [-0.15, -0.1) is 0 Å². The molecule has 0 amide bonds. The summed E-state index contributed by atoms with van der Waals surface area (Å²) in [7, 11) is 1.81. The number of rotatable bonds is 4. The lowest BCUT2D eigenvalue weighted by molar-refractivity contribution is 0.00975. The van der Waals surface area contributed by atoms with E-state index in [9.17, 15) is 0 Å². The first-order valence-corrected chi connectivity index (χ1v) is 7.77. The van der Waals surface area contributed by atoms with Gasteiger partial charge in [-0.1, -0.05) is 41.9 Å². The molecule has 0 saturated carbocycles. The molecule has 3 rings (SSSR count). The minimum Gasteiger partial charge on any atom is -0.383 e. The Balaban J connectivity index is 1.72. The molecule has 2 N–H and O–H groups in total. The van der Waals surface area contributed by atoms with Gasteiger partial charge in [0, 0.05) is 19.7 Å². The average molecular weight is 319 g/mol. The number of halogens is 1. The topological polar surface area (TPSA) is 59.1 Å². The number of ether oxygens (including phenoxy) is 1. The molecule has 0 spiro atoms. The Morgan fingerprint density at radius 2 is 2.05 bits per heavy atom. The van der Waals surface area contributed by atoms with Gasteiger partial charge in [-0.25, -0.2) is 9.97 Å². The lowest BCUT2D eigenvalue weighted by Gasteiger charge is -2.31. The van der Waals surface area contributed by atoms with Gasteiger partial charge in [0.25, 0.3) is 0 Å². The Morgan fingerprint density at radius 1 is 1.23 bits per heavy atom. The van der Waals surface area contributed by atoms with E-state index in [1.54, 1.807) is 0 Å². The molecule has 1 saturated heterocycles. The molecule has 1 aromatic carbocycles. The van der Waals surface area contributed by atoms with Gasteiger partial charge in [0.05, 0.1) is 6.10 Å². The van der Waals surface area contributed by atoms with Crippen LogP contribution in [0.25, 0.3) is 0 Å². The smallest absolute Gasteiger partial charge is 0.157 e. The third-order valence-electron chi connectivity index (χ3n) is 3.85. The molecule has 116 valence electrons. The van der Waals surface area contributed by atoms with Gasteiger partial charge in [-0.2, -0.15) is 0 Å². The lowest BCUT2D eigenvalue weighted by atomic mass is 9.97. The molecule has 0 radical (unpaired) electrons. The zero-order valence-electron chi connectivity index (χ0n) is 12.4. The monoisotopic (exact) mass is 318 g/mol. The van der Waals surface area contributed by atoms with Crippen molar-refractivity contribution in [2.24, 2.45) is 0 Å². The van der Waals surface area contributed by atoms with Crippen molar-refractivity contribution in [2.45, 2.75) is 25.0 Å². The Kier molecular flexibility index (Phi) is 4.75. The highest BCUT2D eigenvalue weighted by atomic mass is 35.5. The van der Waals surface area contributed by atoms with Crippen molar-refractivity contribution in [3.63, 3.8) is 0 Å². The summed E-state index contributed by atoms with van der Waals surface area (Å²) < 4.78 is 5.90. The second kappa shape index (κ2) is 6.94. The summed E-state index contributed by atoms with van der Waals surface area (Å²) in [6, 6.07) is 10.6. The van der Waals surface area contributed by atoms with Gasteiger partial charge in [-0.3, -0.25) is 0 Å². The zero-order valence-corrected chi connectivity index (χ0v) is 13.2. The minimum absolute atomic E-state index is 0.114. The van der Waals surface area contributed by atoms with Crippen molar-refractivity contribution >= 4 is 23.1 Å². The van der Waals surface area contributed by atoms with Crippen LogP contribution in [0.3, 0.4) is 0 Å². The normalized spacial score (nSPS) is 21.4. The molecular weight excluding hydrogens is 300 g/mol. The molecule has 5 nitrogen and oxygen atoms in total. The number of benzene rings is 1. The first-order chi connectivity index (χ1) is 10.8. The van der Waals surface area contributed by atoms with Crippen LogP contribution < -0.4 is 10.6 Å². The highest BCUT2D eigenvalue weighted by molar-refractivity contribution is 6.32. The van der Waals surface area contributed by atoms with Crippen LogP contribution in [-0.2, 0) is 4.74 Å². The van der Waals surface area contributed by atoms with Gasteiger partial charge in [0.1, 0.15) is 12.0 Å². The van der Waals surface area contributed by atoms with Crippen molar-refractivity contribution in [2.75, 3.05) is 24.3 Å². The fourth-order valence-corrected chi connectivity index (χ4v) is 2.94. The van der Waals surface area contributed by atoms with E-state index >= 15 is 0 Å². The number of anilines is 2. The molecule has 2 atom stereocenters. The molecule has 2 unspecified atom stereocenters. The largest absolute Gasteiger partial charge is 0.383 e. The van der Waals surface area contributed by atoms with Crippen molar-refractivity contribution < 1.29 is 4.74 Å². The van der Waals surface area contributed by atoms with Crippen molar-refractivity contribution in [1.29, 1.82) is 0 Å². The molecule has 2 heterocycles. The fourth-order valence-electron chi connectivity index (χ4n) is 2.72. The Hall–Kier alpha value is -1.85. The van der Waals surface area contributed by atoms with E-state index < -0.39 is 0 Å². The first-order valence-electron chi connectivity index (χ1n) is 7.39. The highest BCUT2D eigenvalue weighted by Gasteiger charge is 2.25. The minimum atomic E-state index is 0.114. The molecule has 1 aromatic heterocycles. The zero-order chi connectivity index (χ0) is 15.4. The third kappa shape index (κ3) is 3.31. The number of nitrogens with one attached hydrogen (secondary N) is 2.